The highest BCUT2D eigenvalue weighted by Gasteiger charge is 2.07. The van der Waals surface area contributed by atoms with Crippen LogP contribution in [0.25, 0.3) is 0 Å². The molecule has 0 rings (SSSR count). The first kappa shape index (κ1) is 14.3. The zero-order valence-electron chi connectivity index (χ0n) is 9.08. The van der Waals surface area contributed by atoms with Gasteiger partial charge < -0.3 is 10.1 Å². The van der Waals surface area contributed by atoms with Crippen LogP contribution >= 0.6 is 0 Å². The van der Waals surface area contributed by atoms with Crippen LogP contribution in [0.2, 0.25) is 0 Å². The van der Waals surface area contributed by atoms with Gasteiger partial charge in [-0.3, -0.25) is 4.79 Å². The Morgan fingerprint density at radius 1 is 1.40 bits per heavy atom. The summed E-state index contributed by atoms with van der Waals surface area (Å²) < 4.78 is 29.0. The van der Waals surface area contributed by atoms with Crippen molar-refractivity contribution in [2.24, 2.45) is 0 Å². The van der Waals surface area contributed by atoms with Gasteiger partial charge in [0, 0.05) is 13.2 Å². The van der Waals surface area contributed by atoms with Crippen LogP contribution in [0.3, 0.4) is 0 Å². The molecule has 0 radical (unpaired) electrons. The van der Waals surface area contributed by atoms with Crippen molar-refractivity contribution in [3.8, 4) is 0 Å². The SMILES string of the molecule is CCCOCC(=O)NCCS(=O)(=O)NC. The highest BCUT2D eigenvalue weighted by atomic mass is 32.2. The summed E-state index contributed by atoms with van der Waals surface area (Å²) in [7, 11) is -1.91. The van der Waals surface area contributed by atoms with E-state index in [1.165, 1.54) is 7.05 Å². The molecule has 0 aliphatic carbocycles. The highest BCUT2D eigenvalue weighted by Crippen LogP contribution is 1.82. The Balaban J connectivity index is 3.55. The molecule has 0 aromatic carbocycles. The maximum Gasteiger partial charge on any atom is 0.246 e. The third-order valence-electron chi connectivity index (χ3n) is 1.59. The van der Waals surface area contributed by atoms with Crippen molar-refractivity contribution in [3.63, 3.8) is 0 Å². The average molecular weight is 238 g/mol. The maximum atomic E-state index is 11.0. The van der Waals surface area contributed by atoms with Crippen LogP contribution in [-0.4, -0.2) is 46.9 Å². The number of amides is 1. The van der Waals surface area contributed by atoms with E-state index >= 15 is 0 Å². The standard InChI is InChI=1S/C8H18N2O4S/c1-3-5-14-7-8(11)10-4-6-15(12,13)9-2/h9H,3-7H2,1-2H3,(H,10,11). The van der Waals surface area contributed by atoms with Crippen LogP contribution in [0, 0.1) is 0 Å². The van der Waals surface area contributed by atoms with Gasteiger partial charge in [0.15, 0.2) is 0 Å². The van der Waals surface area contributed by atoms with Crippen LogP contribution in [0.15, 0.2) is 0 Å². The van der Waals surface area contributed by atoms with Gasteiger partial charge in [-0.05, 0) is 13.5 Å². The number of sulfonamides is 1. The number of hydrogen-bond acceptors (Lipinski definition) is 4. The molecular weight excluding hydrogens is 220 g/mol. The first-order valence-electron chi connectivity index (χ1n) is 4.77. The number of hydrogen-bond donors (Lipinski definition) is 2. The van der Waals surface area contributed by atoms with Gasteiger partial charge >= 0.3 is 0 Å². The van der Waals surface area contributed by atoms with Gasteiger partial charge in [0.25, 0.3) is 0 Å². The Bertz CT molecular complexity index is 276. The van der Waals surface area contributed by atoms with E-state index in [1.54, 1.807) is 0 Å². The molecule has 15 heavy (non-hydrogen) atoms. The fourth-order valence-corrected chi connectivity index (χ4v) is 1.36. The van der Waals surface area contributed by atoms with Gasteiger partial charge in [-0.1, -0.05) is 6.92 Å². The normalized spacial score (nSPS) is 11.3. The predicted octanol–water partition coefficient (Wildman–Crippen LogP) is -0.922. The van der Waals surface area contributed by atoms with Crippen molar-refractivity contribution < 1.29 is 17.9 Å². The van der Waals surface area contributed by atoms with Crippen LogP contribution in [0.1, 0.15) is 13.3 Å². The maximum absolute atomic E-state index is 11.0. The number of carbonyl (C=O) groups is 1. The van der Waals surface area contributed by atoms with Crippen LogP contribution in [-0.2, 0) is 19.6 Å². The molecule has 90 valence electrons. The molecule has 0 saturated carbocycles. The zero-order valence-corrected chi connectivity index (χ0v) is 9.89. The molecule has 0 bridgehead atoms. The minimum absolute atomic E-state index is 0.0204. The second-order valence-corrected chi connectivity index (χ2v) is 4.97. The minimum atomic E-state index is -3.25. The van der Waals surface area contributed by atoms with Crippen molar-refractivity contribution in [3.05, 3.63) is 0 Å². The van der Waals surface area contributed by atoms with E-state index in [2.05, 4.69) is 10.0 Å². The molecule has 0 aliphatic heterocycles. The van der Waals surface area contributed by atoms with Gasteiger partial charge in [0.05, 0.1) is 5.75 Å². The summed E-state index contributed by atoms with van der Waals surface area (Å²) in [6.07, 6.45) is 0.849. The van der Waals surface area contributed by atoms with Crippen molar-refractivity contribution in [2.45, 2.75) is 13.3 Å². The Kier molecular flexibility index (Phi) is 7.27. The van der Waals surface area contributed by atoms with E-state index < -0.39 is 10.0 Å². The van der Waals surface area contributed by atoms with Crippen LogP contribution < -0.4 is 10.0 Å². The minimum Gasteiger partial charge on any atom is -0.372 e. The molecule has 0 spiro atoms. The Labute approximate surface area is 90.4 Å². The molecule has 0 saturated heterocycles. The highest BCUT2D eigenvalue weighted by molar-refractivity contribution is 7.89. The molecule has 1 amide bonds. The molecule has 7 heteroatoms. The summed E-state index contributed by atoms with van der Waals surface area (Å²) >= 11 is 0. The third kappa shape index (κ3) is 8.34. The number of carbonyl (C=O) groups excluding carboxylic acids is 1. The van der Waals surface area contributed by atoms with Gasteiger partial charge in [-0.2, -0.15) is 0 Å². The first-order chi connectivity index (χ1) is 7.02. The molecule has 0 atom stereocenters. The van der Waals surface area contributed by atoms with Crippen molar-refractivity contribution in [1.29, 1.82) is 0 Å². The van der Waals surface area contributed by atoms with Crippen molar-refractivity contribution >= 4 is 15.9 Å². The Morgan fingerprint density at radius 3 is 2.60 bits per heavy atom. The lowest BCUT2D eigenvalue weighted by atomic mass is 10.5. The van der Waals surface area contributed by atoms with Gasteiger partial charge in [0.2, 0.25) is 15.9 Å². The molecular formula is C8H18N2O4S. The van der Waals surface area contributed by atoms with E-state index in [1.807, 2.05) is 6.92 Å². The number of nitrogens with one attached hydrogen (secondary N) is 2. The summed E-state index contributed by atoms with van der Waals surface area (Å²) in [5, 5.41) is 2.45. The smallest absolute Gasteiger partial charge is 0.246 e. The fraction of sp³-hybridized carbons (Fsp3) is 0.875. The van der Waals surface area contributed by atoms with Crippen LogP contribution in [0.5, 0.6) is 0 Å². The Hall–Kier alpha value is -0.660. The van der Waals surface area contributed by atoms with Gasteiger partial charge in [-0.25, -0.2) is 13.1 Å². The lowest BCUT2D eigenvalue weighted by Crippen LogP contribution is -2.34. The molecule has 0 aromatic heterocycles. The summed E-state index contributed by atoms with van der Waals surface area (Å²) in [5.74, 6) is -0.419. The van der Waals surface area contributed by atoms with Gasteiger partial charge in [-0.15, -0.1) is 0 Å². The van der Waals surface area contributed by atoms with Gasteiger partial charge in [0.1, 0.15) is 6.61 Å². The number of rotatable bonds is 8. The first-order valence-corrected chi connectivity index (χ1v) is 6.42. The van der Waals surface area contributed by atoms with E-state index in [0.717, 1.165) is 6.42 Å². The van der Waals surface area contributed by atoms with Crippen molar-refractivity contribution in [2.75, 3.05) is 32.6 Å². The predicted molar refractivity (Wildman–Crippen MR) is 57.0 cm³/mol. The molecule has 2 N–H and O–H groups in total. The van der Waals surface area contributed by atoms with Crippen molar-refractivity contribution in [1.82, 2.24) is 10.0 Å². The second-order valence-electron chi connectivity index (χ2n) is 2.93. The Morgan fingerprint density at radius 2 is 2.07 bits per heavy atom. The average Bonchev–Trinajstić information content (AvgIpc) is 2.18. The molecule has 0 heterocycles. The van der Waals surface area contributed by atoms with E-state index in [4.69, 9.17) is 4.74 Å². The van der Waals surface area contributed by atoms with E-state index in [9.17, 15) is 13.2 Å². The fourth-order valence-electron chi connectivity index (χ4n) is 0.787. The summed E-state index contributed by atoms with van der Waals surface area (Å²) in [5.41, 5.74) is 0. The monoisotopic (exact) mass is 238 g/mol. The molecule has 0 aromatic rings. The summed E-state index contributed by atoms with van der Waals surface area (Å²) in [6.45, 7) is 2.55. The zero-order chi connectivity index (χ0) is 11.7. The molecule has 0 fully saturated rings. The van der Waals surface area contributed by atoms with E-state index in [0.29, 0.717) is 6.61 Å². The molecule has 0 unspecified atom stereocenters. The quantitative estimate of drug-likeness (QED) is 0.536. The third-order valence-corrected chi connectivity index (χ3v) is 2.95. The van der Waals surface area contributed by atoms with Crippen LogP contribution in [0.4, 0.5) is 0 Å². The molecule has 6 nitrogen and oxygen atoms in total. The largest absolute Gasteiger partial charge is 0.372 e. The lowest BCUT2D eigenvalue weighted by Gasteiger charge is -2.05. The lowest BCUT2D eigenvalue weighted by molar-refractivity contribution is -0.125. The molecule has 0 aliphatic rings. The summed E-state index contributed by atoms with van der Waals surface area (Å²) in [4.78, 5) is 11.0. The second kappa shape index (κ2) is 7.61. The summed E-state index contributed by atoms with van der Waals surface area (Å²) in [6, 6.07) is 0. The van der Waals surface area contributed by atoms with E-state index in [-0.39, 0.29) is 24.8 Å². The number of ether oxygens (including phenoxy) is 1. The topological polar surface area (TPSA) is 84.5 Å².